The second-order valence-electron chi connectivity index (χ2n) is 2.47. The average molecular weight is 258 g/mol. The van der Waals surface area contributed by atoms with Gasteiger partial charge in [-0.2, -0.15) is 0 Å². The van der Waals surface area contributed by atoms with Crippen molar-refractivity contribution in [2.24, 2.45) is 0 Å². The molecular formula is C9H7IO. The van der Waals surface area contributed by atoms with Gasteiger partial charge in [0.1, 0.15) is 12.0 Å². The Hall–Kier alpha value is -0.510. The molecule has 0 N–H and O–H groups in total. The van der Waals surface area contributed by atoms with Crippen molar-refractivity contribution in [1.82, 2.24) is 0 Å². The van der Waals surface area contributed by atoms with Crippen molar-refractivity contribution in [3.63, 3.8) is 0 Å². The highest BCUT2D eigenvalue weighted by molar-refractivity contribution is 14.1. The van der Waals surface area contributed by atoms with E-state index in [1.165, 1.54) is 9.14 Å². The van der Waals surface area contributed by atoms with Crippen molar-refractivity contribution in [1.29, 1.82) is 0 Å². The molecule has 0 saturated heterocycles. The minimum absolute atomic E-state index is 0.993. The van der Waals surface area contributed by atoms with Crippen LogP contribution in [0.25, 0.3) is 0 Å². The minimum Gasteiger partial charge on any atom is -0.464 e. The molecule has 1 aromatic rings. The number of benzene rings is 1. The fraction of sp³-hybridized carbons (Fsp3) is 0.111. The van der Waals surface area contributed by atoms with Gasteiger partial charge in [-0.1, -0.05) is 18.2 Å². The second-order valence-corrected chi connectivity index (χ2v) is 3.85. The van der Waals surface area contributed by atoms with Crippen LogP contribution in [0.15, 0.2) is 34.1 Å². The summed E-state index contributed by atoms with van der Waals surface area (Å²) in [6, 6.07) is 8.12. The van der Waals surface area contributed by atoms with Crippen LogP contribution in [0, 0.1) is 0 Å². The van der Waals surface area contributed by atoms with Crippen molar-refractivity contribution in [3.8, 4) is 5.75 Å². The first-order chi connectivity index (χ1) is 5.36. The summed E-state index contributed by atoms with van der Waals surface area (Å²) in [4.78, 5) is 0. The molecule has 1 heterocycles. The number of allylic oxidation sites excluding steroid dienone is 1. The summed E-state index contributed by atoms with van der Waals surface area (Å²) in [5, 5.41) is 0. The van der Waals surface area contributed by atoms with Gasteiger partial charge in [0.05, 0.1) is 0 Å². The van der Waals surface area contributed by atoms with Crippen molar-refractivity contribution in [3.05, 3.63) is 39.7 Å². The standard InChI is InChI=1S/C9H7IO/c10-8-5-7-3-1-2-4-9(7)11-6-8/h1-4,6H,5H2. The molecule has 0 aliphatic carbocycles. The maximum Gasteiger partial charge on any atom is 0.130 e. The second kappa shape index (κ2) is 2.85. The summed E-state index contributed by atoms with van der Waals surface area (Å²) < 4.78 is 6.62. The topological polar surface area (TPSA) is 9.23 Å². The first kappa shape index (κ1) is 7.16. The molecule has 2 heteroatoms. The first-order valence-electron chi connectivity index (χ1n) is 3.45. The summed E-state index contributed by atoms with van der Waals surface area (Å²) in [5.41, 5.74) is 1.28. The third-order valence-corrected chi connectivity index (χ3v) is 2.28. The molecule has 0 saturated carbocycles. The molecule has 0 spiro atoms. The first-order valence-corrected chi connectivity index (χ1v) is 4.53. The minimum atomic E-state index is 0.993. The quantitative estimate of drug-likeness (QED) is 0.650. The summed E-state index contributed by atoms with van der Waals surface area (Å²) in [7, 11) is 0. The van der Waals surface area contributed by atoms with E-state index in [2.05, 4.69) is 28.7 Å². The van der Waals surface area contributed by atoms with Crippen molar-refractivity contribution in [2.75, 3.05) is 0 Å². The molecule has 0 aromatic heterocycles. The zero-order chi connectivity index (χ0) is 7.68. The largest absolute Gasteiger partial charge is 0.464 e. The Morgan fingerprint density at radius 2 is 2.09 bits per heavy atom. The Morgan fingerprint density at radius 1 is 1.27 bits per heavy atom. The molecule has 1 nitrogen and oxygen atoms in total. The van der Waals surface area contributed by atoms with Gasteiger partial charge < -0.3 is 4.74 Å². The maximum absolute atomic E-state index is 5.37. The van der Waals surface area contributed by atoms with E-state index in [9.17, 15) is 0 Å². The van der Waals surface area contributed by atoms with Crippen LogP contribution in [-0.2, 0) is 6.42 Å². The highest BCUT2D eigenvalue weighted by Crippen LogP contribution is 2.28. The van der Waals surface area contributed by atoms with Crippen molar-refractivity contribution in [2.45, 2.75) is 6.42 Å². The molecule has 11 heavy (non-hydrogen) atoms. The smallest absolute Gasteiger partial charge is 0.130 e. The predicted molar refractivity (Wildman–Crippen MR) is 52.9 cm³/mol. The molecule has 1 aliphatic heterocycles. The SMILES string of the molecule is IC1=COc2ccccc2C1. The lowest BCUT2D eigenvalue weighted by atomic mass is 10.1. The Morgan fingerprint density at radius 3 is 3.00 bits per heavy atom. The Bertz CT molecular complexity index is 304. The molecule has 0 radical (unpaired) electrons. The van der Waals surface area contributed by atoms with Crippen LogP contribution in [0.3, 0.4) is 0 Å². The highest BCUT2D eigenvalue weighted by Gasteiger charge is 2.08. The van der Waals surface area contributed by atoms with Gasteiger partial charge in [0.25, 0.3) is 0 Å². The Kier molecular flexibility index (Phi) is 1.85. The van der Waals surface area contributed by atoms with E-state index in [-0.39, 0.29) is 0 Å². The van der Waals surface area contributed by atoms with Crippen LogP contribution < -0.4 is 4.74 Å². The lowest BCUT2D eigenvalue weighted by Gasteiger charge is -2.12. The number of rotatable bonds is 0. The number of para-hydroxylation sites is 1. The number of ether oxygens (including phenoxy) is 1. The van der Waals surface area contributed by atoms with Gasteiger partial charge in [0.2, 0.25) is 0 Å². The van der Waals surface area contributed by atoms with Gasteiger partial charge >= 0.3 is 0 Å². The third-order valence-electron chi connectivity index (χ3n) is 1.65. The van der Waals surface area contributed by atoms with E-state index in [0.29, 0.717) is 0 Å². The monoisotopic (exact) mass is 258 g/mol. The molecule has 0 bridgehead atoms. The molecular weight excluding hydrogens is 251 g/mol. The highest BCUT2D eigenvalue weighted by atomic mass is 127. The van der Waals surface area contributed by atoms with Crippen LogP contribution in [0.5, 0.6) is 5.75 Å². The fourth-order valence-electron chi connectivity index (χ4n) is 1.12. The molecule has 0 fully saturated rings. The Labute approximate surface area is 79.2 Å². The normalized spacial score (nSPS) is 14.8. The van der Waals surface area contributed by atoms with Gasteiger partial charge in [0.15, 0.2) is 0 Å². The average Bonchev–Trinajstić information content (AvgIpc) is 2.04. The third kappa shape index (κ3) is 1.40. The van der Waals surface area contributed by atoms with E-state index in [4.69, 9.17) is 4.74 Å². The van der Waals surface area contributed by atoms with Crippen LogP contribution in [0.4, 0.5) is 0 Å². The Balaban J connectivity index is 2.42. The van der Waals surface area contributed by atoms with Crippen molar-refractivity contribution < 1.29 is 4.74 Å². The molecule has 0 unspecified atom stereocenters. The molecule has 1 aromatic carbocycles. The van der Waals surface area contributed by atoms with E-state index in [1.54, 1.807) is 0 Å². The summed E-state index contributed by atoms with van der Waals surface area (Å²) >= 11 is 2.29. The van der Waals surface area contributed by atoms with Gasteiger partial charge in [0, 0.05) is 10.0 Å². The summed E-state index contributed by atoms with van der Waals surface area (Å²) in [6.45, 7) is 0. The van der Waals surface area contributed by atoms with Crippen LogP contribution in [0.2, 0.25) is 0 Å². The zero-order valence-corrected chi connectivity index (χ0v) is 8.04. The molecule has 0 atom stereocenters. The van der Waals surface area contributed by atoms with Gasteiger partial charge in [-0.3, -0.25) is 0 Å². The molecule has 2 rings (SSSR count). The van der Waals surface area contributed by atoms with E-state index < -0.39 is 0 Å². The van der Waals surface area contributed by atoms with Crippen LogP contribution >= 0.6 is 22.6 Å². The number of fused-ring (bicyclic) bond motifs is 1. The van der Waals surface area contributed by atoms with E-state index >= 15 is 0 Å². The molecule has 1 aliphatic rings. The van der Waals surface area contributed by atoms with Crippen LogP contribution in [-0.4, -0.2) is 0 Å². The summed E-state index contributed by atoms with van der Waals surface area (Å²) in [5.74, 6) is 0.993. The summed E-state index contributed by atoms with van der Waals surface area (Å²) in [6.07, 6.45) is 2.82. The number of hydrogen-bond acceptors (Lipinski definition) is 1. The lowest BCUT2D eigenvalue weighted by Crippen LogP contribution is -1.98. The maximum atomic E-state index is 5.37. The van der Waals surface area contributed by atoms with Crippen molar-refractivity contribution >= 4 is 22.6 Å². The van der Waals surface area contributed by atoms with Gasteiger partial charge in [-0.25, -0.2) is 0 Å². The predicted octanol–water partition coefficient (Wildman–Crippen LogP) is 2.90. The molecule has 56 valence electrons. The molecule has 0 amide bonds. The van der Waals surface area contributed by atoms with Gasteiger partial charge in [-0.15, -0.1) is 0 Å². The van der Waals surface area contributed by atoms with Crippen LogP contribution in [0.1, 0.15) is 5.56 Å². The lowest BCUT2D eigenvalue weighted by molar-refractivity contribution is 0.464. The van der Waals surface area contributed by atoms with E-state index in [1.807, 2.05) is 24.5 Å². The fourth-order valence-corrected chi connectivity index (χ4v) is 1.65. The number of hydrogen-bond donors (Lipinski definition) is 0. The number of halogens is 1. The zero-order valence-electron chi connectivity index (χ0n) is 5.88. The van der Waals surface area contributed by atoms with Gasteiger partial charge in [-0.05, 0) is 34.2 Å². The van der Waals surface area contributed by atoms with E-state index in [0.717, 1.165) is 12.2 Å².